The average molecular weight is 412 g/mol. The van der Waals surface area contributed by atoms with E-state index in [1.165, 1.54) is 10.9 Å². The minimum atomic E-state index is -0.657. The standard InChI is InChI=1S/C15H18N4P.HI/c1-17-10-9-16-14(17)20(13-7-5-4-6-8-13)15-18(2)11-12-19(15)3;/h4-12H,1-3H3;1H/q+1;/p-1. The number of aryl methyl sites for hydroxylation is 3. The zero-order valence-corrected chi connectivity index (χ0v) is 15.4. The lowest BCUT2D eigenvalue weighted by molar-refractivity contribution is -0.652. The first-order chi connectivity index (χ1) is 9.68. The predicted octanol–water partition coefficient (Wildman–Crippen LogP) is -2.65. The van der Waals surface area contributed by atoms with Crippen molar-refractivity contribution in [1.29, 1.82) is 0 Å². The maximum atomic E-state index is 4.60. The van der Waals surface area contributed by atoms with Gasteiger partial charge in [0.05, 0.1) is 14.1 Å². The number of hydrogen-bond acceptors (Lipinski definition) is 1. The molecule has 0 N–H and O–H groups in total. The third-order valence-corrected chi connectivity index (χ3v) is 6.03. The summed E-state index contributed by atoms with van der Waals surface area (Å²) in [4.78, 5) is 4.60. The van der Waals surface area contributed by atoms with Crippen LogP contribution in [0.1, 0.15) is 0 Å². The van der Waals surface area contributed by atoms with E-state index in [0.717, 1.165) is 5.57 Å². The highest BCUT2D eigenvalue weighted by Crippen LogP contribution is 2.29. The number of benzene rings is 1. The fourth-order valence-electron chi connectivity index (χ4n) is 2.37. The summed E-state index contributed by atoms with van der Waals surface area (Å²) in [5.41, 5.74) is 2.39. The number of rotatable bonds is 3. The lowest BCUT2D eigenvalue weighted by Crippen LogP contribution is -3.00. The third kappa shape index (κ3) is 3.04. The summed E-state index contributed by atoms with van der Waals surface area (Å²) in [6.45, 7) is 0. The lowest BCUT2D eigenvalue weighted by Gasteiger charge is -2.14. The summed E-state index contributed by atoms with van der Waals surface area (Å²) in [6, 6.07) is 10.6. The molecule has 0 aliphatic rings. The van der Waals surface area contributed by atoms with E-state index in [1.807, 2.05) is 12.4 Å². The monoisotopic (exact) mass is 412 g/mol. The van der Waals surface area contributed by atoms with Crippen LogP contribution in [0.4, 0.5) is 0 Å². The van der Waals surface area contributed by atoms with E-state index in [9.17, 15) is 0 Å². The van der Waals surface area contributed by atoms with Crippen LogP contribution in [0.2, 0.25) is 0 Å². The van der Waals surface area contributed by atoms with Gasteiger partial charge in [-0.15, -0.1) is 0 Å². The van der Waals surface area contributed by atoms with E-state index in [1.54, 1.807) is 0 Å². The van der Waals surface area contributed by atoms with Gasteiger partial charge in [0.2, 0.25) is 0 Å². The van der Waals surface area contributed by atoms with Crippen molar-refractivity contribution in [3.8, 4) is 0 Å². The largest absolute Gasteiger partial charge is 1.00 e. The first kappa shape index (κ1) is 16.2. The number of nitrogens with zero attached hydrogens (tertiary/aromatic N) is 4. The van der Waals surface area contributed by atoms with E-state index < -0.39 is 7.92 Å². The average Bonchev–Trinajstić information content (AvgIpc) is 3.01. The molecule has 0 saturated carbocycles. The Labute approximate surface area is 143 Å². The first-order valence-corrected chi connectivity index (χ1v) is 7.86. The van der Waals surface area contributed by atoms with Crippen LogP contribution in [0, 0.1) is 0 Å². The predicted molar refractivity (Wildman–Crippen MR) is 82.1 cm³/mol. The number of aromatic nitrogens is 4. The van der Waals surface area contributed by atoms with Crippen molar-refractivity contribution in [3.05, 3.63) is 55.1 Å². The molecule has 0 spiro atoms. The van der Waals surface area contributed by atoms with Gasteiger partial charge in [0.25, 0.3) is 5.57 Å². The molecule has 0 aliphatic heterocycles. The maximum Gasteiger partial charge on any atom is 0.288 e. The Morgan fingerprint density at radius 3 is 2.29 bits per heavy atom. The Morgan fingerprint density at radius 2 is 1.76 bits per heavy atom. The highest BCUT2D eigenvalue weighted by atomic mass is 127. The summed E-state index contributed by atoms with van der Waals surface area (Å²) < 4.78 is 6.49. The molecule has 110 valence electrons. The van der Waals surface area contributed by atoms with E-state index >= 15 is 0 Å². The first-order valence-electron chi connectivity index (χ1n) is 6.52. The Bertz CT molecular complexity index is 701. The molecule has 6 heteroatoms. The molecule has 1 aromatic carbocycles. The topological polar surface area (TPSA) is 26.6 Å². The van der Waals surface area contributed by atoms with Gasteiger partial charge in [0.1, 0.15) is 25.9 Å². The van der Waals surface area contributed by atoms with E-state index in [-0.39, 0.29) is 24.0 Å². The van der Waals surface area contributed by atoms with Crippen LogP contribution in [0.3, 0.4) is 0 Å². The molecule has 2 heterocycles. The summed E-state index contributed by atoms with van der Waals surface area (Å²) in [5.74, 6) is 0. The van der Waals surface area contributed by atoms with E-state index in [0.29, 0.717) is 0 Å². The second-order valence-corrected chi connectivity index (χ2v) is 6.82. The zero-order valence-electron chi connectivity index (χ0n) is 12.3. The molecule has 0 fully saturated rings. The molecule has 0 bridgehead atoms. The van der Waals surface area contributed by atoms with Crippen molar-refractivity contribution in [3.63, 3.8) is 0 Å². The number of imidazole rings is 2. The van der Waals surface area contributed by atoms with Gasteiger partial charge >= 0.3 is 0 Å². The van der Waals surface area contributed by atoms with Gasteiger partial charge in [-0.1, -0.05) is 30.3 Å². The molecule has 2 aromatic heterocycles. The number of hydrogen-bond donors (Lipinski definition) is 0. The van der Waals surface area contributed by atoms with Crippen LogP contribution in [-0.2, 0) is 21.1 Å². The van der Waals surface area contributed by atoms with Crippen molar-refractivity contribution in [2.75, 3.05) is 0 Å². The molecular formula is C15H18IN4P. The van der Waals surface area contributed by atoms with Gasteiger partial charge in [-0.25, -0.2) is 14.1 Å². The fraction of sp³-hybridized carbons (Fsp3) is 0.200. The number of halogens is 1. The maximum absolute atomic E-state index is 4.60. The van der Waals surface area contributed by atoms with Crippen LogP contribution in [0.15, 0.2) is 55.1 Å². The van der Waals surface area contributed by atoms with Gasteiger partial charge < -0.3 is 28.5 Å². The van der Waals surface area contributed by atoms with Crippen LogP contribution < -0.4 is 45.0 Å². The molecule has 1 unspecified atom stereocenters. The smallest absolute Gasteiger partial charge is 0.288 e. The third-order valence-electron chi connectivity index (χ3n) is 3.35. The zero-order chi connectivity index (χ0) is 14.1. The highest BCUT2D eigenvalue weighted by molar-refractivity contribution is 7.78. The minimum Gasteiger partial charge on any atom is -1.00 e. The van der Waals surface area contributed by atoms with Gasteiger partial charge in [-0.05, 0) is 5.30 Å². The Balaban J connectivity index is 0.00000161. The van der Waals surface area contributed by atoms with Gasteiger partial charge in [0, 0.05) is 19.4 Å². The molecule has 0 saturated heterocycles. The van der Waals surface area contributed by atoms with Crippen molar-refractivity contribution in [2.24, 2.45) is 21.1 Å². The van der Waals surface area contributed by atoms with E-state index in [2.05, 4.69) is 82.6 Å². The Kier molecular flexibility index (Phi) is 5.17. The second kappa shape index (κ2) is 6.71. The van der Waals surface area contributed by atoms with E-state index in [4.69, 9.17) is 0 Å². The SMILES string of the molecule is Cn1ccnc1P(c1ccccc1)c1n(C)cc[n+]1C.[I-]. The Morgan fingerprint density at radius 1 is 1.05 bits per heavy atom. The molecule has 0 amide bonds. The van der Waals surface area contributed by atoms with Gasteiger partial charge in [-0.3, -0.25) is 0 Å². The highest BCUT2D eigenvalue weighted by Gasteiger charge is 2.30. The second-order valence-electron chi connectivity index (χ2n) is 4.83. The van der Waals surface area contributed by atoms with Crippen LogP contribution in [0.25, 0.3) is 0 Å². The van der Waals surface area contributed by atoms with Crippen LogP contribution in [0.5, 0.6) is 0 Å². The van der Waals surface area contributed by atoms with Crippen LogP contribution >= 0.6 is 7.92 Å². The Hall–Kier alpha value is -1.20. The van der Waals surface area contributed by atoms with Crippen molar-refractivity contribution in [1.82, 2.24) is 14.1 Å². The molecule has 1 atom stereocenters. The van der Waals surface area contributed by atoms with Crippen molar-refractivity contribution in [2.45, 2.75) is 0 Å². The minimum absolute atomic E-state index is 0. The lowest BCUT2D eigenvalue weighted by atomic mass is 10.4. The molecule has 3 aromatic rings. The summed E-state index contributed by atoms with van der Waals surface area (Å²) in [6.07, 6.45) is 8.07. The fourth-order valence-corrected chi connectivity index (χ4v) is 4.81. The molecule has 0 aliphatic carbocycles. The van der Waals surface area contributed by atoms with Gasteiger partial charge in [0.15, 0.2) is 0 Å². The summed E-state index contributed by atoms with van der Waals surface area (Å²) >= 11 is 0. The quantitative estimate of drug-likeness (QED) is 0.262. The summed E-state index contributed by atoms with van der Waals surface area (Å²) in [5, 5.41) is 1.31. The molecule has 21 heavy (non-hydrogen) atoms. The molecule has 0 radical (unpaired) electrons. The normalized spacial score (nSPS) is 12.0. The summed E-state index contributed by atoms with van der Waals surface area (Å²) in [7, 11) is 5.59. The van der Waals surface area contributed by atoms with Crippen LogP contribution in [-0.4, -0.2) is 14.1 Å². The molecule has 3 rings (SSSR count). The van der Waals surface area contributed by atoms with Crippen molar-refractivity contribution >= 4 is 24.4 Å². The molecular weight excluding hydrogens is 394 g/mol. The molecule has 4 nitrogen and oxygen atoms in total. The van der Waals surface area contributed by atoms with Crippen molar-refractivity contribution < 1.29 is 28.5 Å². The van der Waals surface area contributed by atoms with Gasteiger partial charge in [-0.2, -0.15) is 0 Å².